The molecule has 6 heteroatoms. The molecule has 1 aromatic carbocycles. The van der Waals surface area contributed by atoms with E-state index in [0.29, 0.717) is 5.56 Å². The van der Waals surface area contributed by atoms with Crippen LogP contribution in [-0.4, -0.2) is 34.0 Å². The molecule has 6 nitrogen and oxygen atoms in total. The van der Waals surface area contributed by atoms with Crippen molar-refractivity contribution in [3.63, 3.8) is 0 Å². The number of benzene rings is 1. The van der Waals surface area contributed by atoms with E-state index < -0.39 is 10.9 Å². The van der Waals surface area contributed by atoms with Crippen molar-refractivity contribution in [2.45, 2.75) is 6.54 Å². The van der Waals surface area contributed by atoms with Gasteiger partial charge in [-0.2, -0.15) is 0 Å². The van der Waals surface area contributed by atoms with E-state index in [2.05, 4.69) is 5.92 Å². The van der Waals surface area contributed by atoms with Crippen LogP contribution in [0.3, 0.4) is 0 Å². The fraction of sp³-hybridized carbons (Fsp3) is 0.250. The number of carboxylic acid groups (broad SMARTS) is 1. The van der Waals surface area contributed by atoms with Gasteiger partial charge < -0.3 is 5.11 Å². The molecule has 1 N–H and O–H groups in total. The molecule has 1 aromatic rings. The number of nitro benzene ring substituents is 1. The molecule has 0 aromatic heterocycles. The monoisotopic (exact) mass is 248 g/mol. The minimum atomic E-state index is -1.02. The minimum absolute atomic E-state index is 0.0371. The third kappa shape index (κ3) is 3.88. The molecule has 94 valence electrons. The number of terminal acetylenes is 1. The first-order valence-electron chi connectivity index (χ1n) is 5.14. The highest BCUT2D eigenvalue weighted by Gasteiger charge is 2.16. The number of nitrogens with zero attached hydrogens (tertiary/aromatic N) is 2. The summed E-state index contributed by atoms with van der Waals surface area (Å²) in [6, 6.07) is 6.19. The van der Waals surface area contributed by atoms with E-state index in [1.807, 2.05) is 0 Å². The largest absolute Gasteiger partial charge is 0.480 e. The molecule has 0 unspecified atom stereocenters. The van der Waals surface area contributed by atoms with E-state index in [4.69, 9.17) is 11.5 Å². The number of para-hydroxylation sites is 1. The van der Waals surface area contributed by atoms with Crippen LogP contribution in [0.1, 0.15) is 5.56 Å². The van der Waals surface area contributed by atoms with Gasteiger partial charge in [-0.05, 0) is 0 Å². The molecule has 18 heavy (non-hydrogen) atoms. The van der Waals surface area contributed by atoms with E-state index in [0.717, 1.165) is 0 Å². The summed E-state index contributed by atoms with van der Waals surface area (Å²) >= 11 is 0. The Bertz CT molecular complexity index is 493. The lowest BCUT2D eigenvalue weighted by Gasteiger charge is -2.17. The number of hydrogen-bond donors (Lipinski definition) is 1. The predicted molar refractivity (Wildman–Crippen MR) is 64.8 cm³/mol. The number of carbonyl (C=O) groups is 1. The standard InChI is InChI=1S/C12H12N2O4/c1-2-7-13(9-12(15)16)8-10-5-3-4-6-11(10)14(17)18/h1,3-6H,7-9H2,(H,15,16). The third-order valence-electron chi connectivity index (χ3n) is 2.26. The molecule has 1 rings (SSSR count). The smallest absolute Gasteiger partial charge is 0.317 e. The van der Waals surface area contributed by atoms with E-state index in [1.165, 1.54) is 11.0 Å². The minimum Gasteiger partial charge on any atom is -0.480 e. The summed E-state index contributed by atoms with van der Waals surface area (Å²) < 4.78 is 0. The van der Waals surface area contributed by atoms with Gasteiger partial charge in [-0.3, -0.25) is 19.8 Å². The van der Waals surface area contributed by atoms with Crippen LogP contribution in [0.15, 0.2) is 24.3 Å². The van der Waals surface area contributed by atoms with Crippen molar-refractivity contribution in [2.24, 2.45) is 0 Å². The average Bonchev–Trinajstić information content (AvgIpc) is 2.28. The maximum Gasteiger partial charge on any atom is 0.317 e. The van der Waals surface area contributed by atoms with E-state index in [-0.39, 0.29) is 25.3 Å². The average molecular weight is 248 g/mol. The molecule has 0 aliphatic heterocycles. The van der Waals surface area contributed by atoms with Gasteiger partial charge in [0.2, 0.25) is 0 Å². The van der Waals surface area contributed by atoms with Gasteiger partial charge in [0.05, 0.1) is 18.0 Å². The number of hydrogen-bond acceptors (Lipinski definition) is 4. The fourth-order valence-electron chi connectivity index (χ4n) is 1.55. The predicted octanol–water partition coefficient (Wildman–Crippen LogP) is 1.11. The Kier molecular flexibility index (Phi) is 4.84. The van der Waals surface area contributed by atoms with E-state index >= 15 is 0 Å². The summed E-state index contributed by atoms with van der Waals surface area (Å²) in [6.07, 6.45) is 5.14. The number of rotatable bonds is 6. The van der Waals surface area contributed by atoms with Gasteiger partial charge in [0.1, 0.15) is 0 Å². The van der Waals surface area contributed by atoms with Crippen LogP contribution in [0.5, 0.6) is 0 Å². The summed E-state index contributed by atoms with van der Waals surface area (Å²) in [7, 11) is 0. The quantitative estimate of drug-likeness (QED) is 0.463. The van der Waals surface area contributed by atoms with E-state index in [9.17, 15) is 14.9 Å². The molecule has 0 aliphatic carbocycles. The molecular weight excluding hydrogens is 236 g/mol. The molecular formula is C12H12N2O4. The fourth-order valence-corrected chi connectivity index (χ4v) is 1.55. The van der Waals surface area contributed by atoms with Gasteiger partial charge in [0.25, 0.3) is 5.69 Å². The third-order valence-corrected chi connectivity index (χ3v) is 2.26. The lowest BCUT2D eigenvalue weighted by atomic mass is 10.1. The maximum absolute atomic E-state index is 10.8. The topological polar surface area (TPSA) is 83.7 Å². The molecule has 0 amide bonds. The van der Waals surface area contributed by atoms with Crippen molar-refractivity contribution in [1.82, 2.24) is 4.90 Å². The van der Waals surface area contributed by atoms with Crippen LogP contribution >= 0.6 is 0 Å². The van der Waals surface area contributed by atoms with Gasteiger partial charge in [0, 0.05) is 18.2 Å². The Morgan fingerprint density at radius 3 is 2.72 bits per heavy atom. The zero-order valence-electron chi connectivity index (χ0n) is 9.57. The molecule has 0 saturated carbocycles. The number of nitro groups is 1. The van der Waals surface area contributed by atoms with Gasteiger partial charge in [-0.25, -0.2) is 0 Å². The van der Waals surface area contributed by atoms with Crippen LogP contribution in [-0.2, 0) is 11.3 Å². The molecule has 0 fully saturated rings. The number of aliphatic carboxylic acids is 1. The van der Waals surface area contributed by atoms with Crippen molar-refractivity contribution >= 4 is 11.7 Å². The normalized spacial score (nSPS) is 10.0. The zero-order chi connectivity index (χ0) is 13.5. The molecule has 0 heterocycles. The molecule has 0 bridgehead atoms. The maximum atomic E-state index is 10.8. The van der Waals surface area contributed by atoms with Gasteiger partial charge in [-0.1, -0.05) is 24.1 Å². The first-order chi connectivity index (χ1) is 8.54. The lowest BCUT2D eigenvalue weighted by molar-refractivity contribution is -0.385. The Balaban J connectivity index is 2.90. The highest BCUT2D eigenvalue weighted by molar-refractivity contribution is 5.69. The summed E-state index contributed by atoms with van der Waals surface area (Å²) in [5.41, 5.74) is 0.406. The molecule has 0 radical (unpaired) electrons. The zero-order valence-corrected chi connectivity index (χ0v) is 9.57. The first-order valence-corrected chi connectivity index (χ1v) is 5.14. The van der Waals surface area contributed by atoms with Crippen molar-refractivity contribution in [2.75, 3.05) is 13.1 Å². The van der Waals surface area contributed by atoms with Crippen LogP contribution < -0.4 is 0 Å². The molecule has 0 spiro atoms. The first kappa shape index (κ1) is 13.7. The molecule has 0 saturated heterocycles. The summed E-state index contributed by atoms with van der Waals surface area (Å²) in [5, 5.41) is 19.5. The lowest BCUT2D eigenvalue weighted by Crippen LogP contribution is -2.29. The van der Waals surface area contributed by atoms with Gasteiger partial charge in [0.15, 0.2) is 0 Å². The van der Waals surface area contributed by atoms with Crippen molar-refractivity contribution < 1.29 is 14.8 Å². The Morgan fingerprint density at radius 2 is 2.17 bits per heavy atom. The summed E-state index contributed by atoms with van der Waals surface area (Å²) in [4.78, 5) is 22.4. The second-order valence-electron chi connectivity index (χ2n) is 3.63. The molecule has 0 aliphatic rings. The Morgan fingerprint density at radius 1 is 1.50 bits per heavy atom. The van der Waals surface area contributed by atoms with Crippen LogP contribution in [0, 0.1) is 22.5 Å². The Hall–Kier alpha value is -2.39. The van der Waals surface area contributed by atoms with Crippen molar-refractivity contribution in [3.8, 4) is 12.3 Å². The summed E-state index contributed by atoms with van der Waals surface area (Å²) in [6.45, 7) is 0.00223. The second-order valence-corrected chi connectivity index (χ2v) is 3.63. The second kappa shape index (κ2) is 6.37. The highest BCUT2D eigenvalue weighted by atomic mass is 16.6. The Labute approximate surface area is 104 Å². The number of carboxylic acids is 1. The SMILES string of the molecule is C#CCN(CC(=O)O)Cc1ccccc1[N+](=O)[O-]. The van der Waals surface area contributed by atoms with Gasteiger partial charge >= 0.3 is 5.97 Å². The van der Waals surface area contributed by atoms with E-state index in [1.54, 1.807) is 18.2 Å². The van der Waals surface area contributed by atoms with Crippen molar-refractivity contribution in [1.29, 1.82) is 0 Å². The van der Waals surface area contributed by atoms with Crippen LogP contribution in [0.2, 0.25) is 0 Å². The van der Waals surface area contributed by atoms with Crippen LogP contribution in [0.25, 0.3) is 0 Å². The van der Waals surface area contributed by atoms with Crippen molar-refractivity contribution in [3.05, 3.63) is 39.9 Å². The molecule has 0 atom stereocenters. The summed E-state index contributed by atoms with van der Waals surface area (Å²) in [5.74, 6) is 1.31. The van der Waals surface area contributed by atoms with Gasteiger partial charge in [-0.15, -0.1) is 6.42 Å². The highest BCUT2D eigenvalue weighted by Crippen LogP contribution is 2.19. The van der Waals surface area contributed by atoms with Crippen LogP contribution in [0.4, 0.5) is 5.69 Å².